The first-order valence-electron chi connectivity index (χ1n) is 6.53. The molecule has 0 bridgehead atoms. The third kappa shape index (κ3) is 4.26. The second-order valence-corrected chi connectivity index (χ2v) is 6.76. The van der Waals surface area contributed by atoms with Crippen molar-refractivity contribution >= 4 is 46.5 Å². The first kappa shape index (κ1) is 16.9. The second kappa shape index (κ2) is 7.19. The topological polar surface area (TPSA) is 26.3 Å². The van der Waals surface area contributed by atoms with Gasteiger partial charge in [-0.15, -0.1) is 0 Å². The average molecular weight is 356 g/mol. The molecule has 0 aliphatic rings. The summed E-state index contributed by atoms with van der Waals surface area (Å²) >= 11 is 16.5. The zero-order valence-corrected chi connectivity index (χ0v) is 14.0. The van der Waals surface area contributed by atoms with E-state index >= 15 is 0 Å². The third-order valence-corrected chi connectivity index (χ3v) is 3.44. The summed E-state index contributed by atoms with van der Waals surface area (Å²) in [4.78, 5) is 11.6. The van der Waals surface area contributed by atoms with E-state index in [1.54, 1.807) is 13.0 Å². The van der Waals surface area contributed by atoms with Gasteiger partial charge in [0.25, 0.3) is 3.79 Å². The van der Waals surface area contributed by atoms with Gasteiger partial charge in [0.15, 0.2) is 0 Å². The molecule has 114 valence electrons. The molecule has 0 amide bonds. The van der Waals surface area contributed by atoms with E-state index in [9.17, 15) is 4.79 Å². The highest BCUT2D eigenvalue weighted by molar-refractivity contribution is 6.75. The molecule has 0 radical (unpaired) electrons. The van der Waals surface area contributed by atoms with E-state index in [4.69, 9.17) is 39.5 Å². The summed E-state index contributed by atoms with van der Waals surface area (Å²) in [7, 11) is 0. The summed E-state index contributed by atoms with van der Waals surface area (Å²) in [6.07, 6.45) is 1.64. The Morgan fingerprint density at radius 1 is 0.955 bits per heavy atom. The largest absolute Gasteiger partial charge is 0.423 e. The zero-order chi connectivity index (χ0) is 16.2. The van der Waals surface area contributed by atoms with E-state index in [1.165, 1.54) is 0 Å². The van der Waals surface area contributed by atoms with Crippen molar-refractivity contribution in [2.45, 2.75) is 10.7 Å². The zero-order valence-electron chi connectivity index (χ0n) is 11.7. The number of ether oxygens (including phenoxy) is 1. The van der Waals surface area contributed by atoms with E-state index in [-0.39, 0.29) is 0 Å². The van der Waals surface area contributed by atoms with Crippen LogP contribution >= 0.6 is 34.8 Å². The Labute approximate surface area is 144 Å². The number of hydrogen-bond acceptors (Lipinski definition) is 2. The molecule has 5 heteroatoms. The number of carbonyl (C=O) groups excluding carboxylic acids is 1. The molecular weight excluding hydrogens is 343 g/mol. The average Bonchev–Trinajstić information content (AvgIpc) is 2.52. The van der Waals surface area contributed by atoms with Crippen molar-refractivity contribution in [1.82, 2.24) is 0 Å². The van der Waals surface area contributed by atoms with Crippen LogP contribution in [0.1, 0.15) is 12.5 Å². The van der Waals surface area contributed by atoms with Gasteiger partial charge >= 0.3 is 5.97 Å². The molecule has 0 atom stereocenters. The Morgan fingerprint density at radius 2 is 1.50 bits per heavy atom. The van der Waals surface area contributed by atoms with E-state index < -0.39 is 9.76 Å². The van der Waals surface area contributed by atoms with Crippen LogP contribution in [0.4, 0.5) is 0 Å². The van der Waals surface area contributed by atoms with Crippen LogP contribution < -0.4 is 0 Å². The highest BCUT2D eigenvalue weighted by Crippen LogP contribution is 2.30. The second-order valence-electron chi connectivity index (χ2n) is 4.48. The van der Waals surface area contributed by atoms with Crippen LogP contribution in [0.15, 0.2) is 60.7 Å². The number of rotatable bonds is 3. The predicted octanol–water partition coefficient (Wildman–Crippen LogP) is 5.63. The van der Waals surface area contributed by atoms with Gasteiger partial charge in [-0.25, -0.2) is 4.79 Å². The number of alkyl halides is 3. The van der Waals surface area contributed by atoms with Gasteiger partial charge in [-0.3, -0.25) is 0 Å². The molecule has 0 saturated carbocycles. The Balaban J connectivity index is 2.20. The molecule has 22 heavy (non-hydrogen) atoms. The fraction of sp³-hybridized carbons (Fsp3) is 0.118. The van der Waals surface area contributed by atoms with Gasteiger partial charge in [-0.1, -0.05) is 89.4 Å². The van der Waals surface area contributed by atoms with E-state index in [0.717, 1.165) is 16.7 Å². The van der Waals surface area contributed by atoms with Crippen molar-refractivity contribution in [3.63, 3.8) is 0 Å². The predicted molar refractivity (Wildman–Crippen MR) is 91.9 cm³/mol. The molecule has 2 nitrogen and oxygen atoms in total. The summed E-state index contributed by atoms with van der Waals surface area (Å²) in [6.45, 7) is 1.74. The molecule has 0 aliphatic carbocycles. The Morgan fingerprint density at radius 3 is 2.00 bits per heavy atom. The van der Waals surface area contributed by atoms with Crippen molar-refractivity contribution in [1.29, 1.82) is 0 Å². The lowest BCUT2D eigenvalue weighted by Crippen LogP contribution is -2.21. The van der Waals surface area contributed by atoms with Gasteiger partial charge in [-0.2, -0.15) is 0 Å². The normalized spacial score (nSPS) is 12.1. The number of carbonyl (C=O) groups is 1. The van der Waals surface area contributed by atoms with Crippen molar-refractivity contribution in [3.05, 3.63) is 66.2 Å². The SMILES string of the molecule is C/C=C(\OC(=O)C(Cl)(Cl)Cl)c1ccc(-c2ccccc2)cc1. The molecule has 0 N–H and O–H groups in total. The number of halogens is 3. The maximum Gasteiger partial charge on any atom is 0.363 e. The van der Waals surface area contributed by atoms with E-state index in [2.05, 4.69) is 0 Å². The van der Waals surface area contributed by atoms with Gasteiger partial charge in [0.05, 0.1) is 0 Å². The Bertz CT molecular complexity index is 671. The lowest BCUT2D eigenvalue weighted by atomic mass is 10.0. The summed E-state index contributed by atoms with van der Waals surface area (Å²) in [5.41, 5.74) is 2.90. The fourth-order valence-electron chi connectivity index (χ4n) is 1.90. The molecule has 0 saturated heterocycles. The smallest absolute Gasteiger partial charge is 0.363 e. The highest BCUT2D eigenvalue weighted by Gasteiger charge is 2.33. The van der Waals surface area contributed by atoms with E-state index in [0.29, 0.717) is 5.76 Å². The summed E-state index contributed by atoms with van der Waals surface area (Å²) in [5, 5.41) is 0. The summed E-state index contributed by atoms with van der Waals surface area (Å²) in [5.74, 6) is -0.589. The van der Waals surface area contributed by atoms with Crippen LogP contribution in [0, 0.1) is 0 Å². The maximum atomic E-state index is 11.6. The molecule has 0 aliphatic heterocycles. The first-order valence-corrected chi connectivity index (χ1v) is 7.66. The number of hydrogen-bond donors (Lipinski definition) is 0. The van der Waals surface area contributed by atoms with Crippen molar-refractivity contribution < 1.29 is 9.53 Å². The van der Waals surface area contributed by atoms with Gasteiger partial charge < -0.3 is 4.74 Å². The molecule has 0 unspecified atom stereocenters. The van der Waals surface area contributed by atoms with Crippen LogP contribution in [0.5, 0.6) is 0 Å². The van der Waals surface area contributed by atoms with Crippen molar-refractivity contribution in [2.75, 3.05) is 0 Å². The standard InChI is InChI=1S/C17H13Cl3O2/c1-2-15(22-16(21)17(18,19)20)14-10-8-13(9-11-14)12-6-4-3-5-7-12/h2-11H,1H3/b15-2-. The molecule has 2 rings (SSSR count). The van der Waals surface area contributed by atoms with Crippen LogP contribution in [-0.4, -0.2) is 9.76 Å². The van der Waals surface area contributed by atoms with Crippen LogP contribution in [0.2, 0.25) is 0 Å². The van der Waals surface area contributed by atoms with Gasteiger partial charge in [0.2, 0.25) is 0 Å². The quantitative estimate of drug-likeness (QED) is 0.405. The highest BCUT2D eigenvalue weighted by atomic mass is 35.6. The first-order chi connectivity index (χ1) is 10.4. The minimum Gasteiger partial charge on any atom is -0.423 e. The van der Waals surface area contributed by atoms with Crippen molar-refractivity contribution in [3.8, 4) is 11.1 Å². The van der Waals surface area contributed by atoms with Gasteiger partial charge in [0, 0.05) is 5.56 Å². The molecular formula is C17H13Cl3O2. The lowest BCUT2D eigenvalue weighted by molar-refractivity contribution is -0.135. The Kier molecular flexibility index (Phi) is 5.52. The molecule has 0 aromatic heterocycles. The van der Waals surface area contributed by atoms with E-state index in [1.807, 2.05) is 54.6 Å². The number of esters is 1. The number of benzene rings is 2. The third-order valence-electron chi connectivity index (χ3n) is 2.97. The molecule has 2 aromatic carbocycles. The van der Waals surface area contributed by atoms with Crippen LogP contribution in [0.3, 0.4) is 0 Å². The van der Waals surface area contributed by atoms with Crippen LogP contribution in [0.25, 0.3) is 16.9 Å². The van der Waals surface area contributed by atoms with Gasteiger partial charge in [-0.05, 0) is 24.1 Å². The monoisotopic (exact) mass is 354 g/mol. The molecule has 0 heterocycles. The minimum atomic E-state index is -2.10. The number of allylic oxidation sites excluding steroid dienone is 1. The minimum absolute atomic E-state index is 0.343. The van der Waals surface area contributed by atoms with Crippen molar-refractivity contribution in [2.24, 2.45) is 0 Å². The molecule has 0 spiro atoms. The summed E-state index contributed by atoms with van der Waals surface area (Å²) in [6, 6.07) is 17.5. The molecule has 2 aromatic rings. The van der Waals surface area contributed by atoms with Crippen LogP contribution in [-0.2, 0) is 9.53 Å². The fourth-order valence-corrected chi connectivity index (χ4v) is 2.02. The van der Waals surface area contributed by atoms with Gasteiger partial charge in [0.1, 0.15) is 5.76 Å². The summed E-state index contributed by atoms with van der Waals surface area (Å²) < 4.78 is 3.02. The maximum absolute atomic E-state index is 11.6. The molecule has 0 fully saturated rings. The Hall–Kier alpha value is -1.48. The lowest BCUT2D eigenvalue weighted by Gasteiger charge is -2.13.